The Morgan fingerprint density at radius 1 is 1.06 bits per heavy atom. The highest BCUT2D eigenvalue weighted by molar-refractivity contribution is 5.85. The summed E-state index contributed by atoms with van der Waals surface area (Å²) in [6.45, 7) is 7.85. The predicted octanol–water partition coefficient (Wildman–Crippen LogP) is 0.553. The standard InChI is InChI=1S/C11H23N3O2/c1-7(2)5-9(12)11(16)14-13-10(15)6-8(3)4/h7-9H,5-6,12H2,1-4H3,(H,13,15)(H,14,16). The molecule has 0 aromatic rings. The predicted molar refractivity (Wildman–Crippen MR) is 63.2 cm³/mol. The lowest BCUT2D eigenvalue weighted by Crippen LogP contribution is -2.49. The van der Waals surface area contributed by atoms with Gasteiger partial charge >= 0.3 is 0 Å². The van der Waals surface area contributed by atoms with E-state index < -0.39 is 6.04 Å². The molecule has 0 heterocycles. The number of nitrogens with two attached hydrogens (primary N) is 1. The maximum Gasteiger partial charge on any atom is 0.255 e. The average Bonchev–Trinajstić information content (AvgIpc) is 2.11. The molecule has 0 aliphatic rings. The maximum absolute atomic E-state index is 11.4. The number of rotatable bonds is 5. The van der Waals surface area contributed by atoms with Gasteiger partial charge in [-0.3, -0.25) is 20.4 Å². The fourth-order valence-electron chi connectivity index (χ4n) is 1.26. The van der Waals surface area contributed by atoms with Crippen molar-refractivity contribution < 1.29 is 9.59 Å². The first-order valence-electron chi connectivity index (χ1n) is 5.67. The second kappa shape index (κ2) is 7.22. The topological polar surface area (TPSA) is 84.2 Å². The SMILES string of the molecule is CC(C)CC(=O)NNC(=O)C(N)CC(C)C. The first kappa shape index (κ1) is 14.9. The zero-order valence-corrected chi connectivity index (χ0v) is 10.5. The molecule has 0 aliphatic heterocycles. The number of carbonyl (C=O) groups excluding carboxylic acids is 2. The van der Waals surface area contributed by atoms with Crippen LogP contribution in [-0.2, 0) is 9.59 Å². The van der Waals surface area contributed by atoms with Crippen LogP contribution in [0.25, 0.3) is 0 Å². The molecular weight excluding hydrogens is 206 g/mol. The Morgan fingerprint density at radius 2 is 1.62 bits per heavy atom. The molecule has 0 bridgehead atoms. The summed E-state index contributed by atoms with van der Waals surface area (Å²) < 4.78 is 0. The molecule has 0 saturated carbocycles. The molecule has 0 aromatic carbocycles. The molecule has 94 valence electrons. The Balaban J connectivity index is 3.84. The first-order valence-corrected chi connectivity index (χ1v) is 5.67. The smallest absolute Gasteiger partial charge is 0.255 e. The largest absolute Gasteiger partial charge is 0.320 e. The van der Waals surface area contributed by atoms with Crippen LogP contribution in [0.4, 0.5) is 0 Å². The highest BCUT2D eigenvalue weighted by Crippen LogP contribution is 2.02. The summed E-state index contributed by atoms with van der Waals surface area (Å²) in [5.41, 5.74) is 10.3. The van der Waals surface area contributed by atoms with E-state index in [1.807, 2.05) is 27.7 Å². The Labute approximate surface area is 97.1 Å². The van der Waals surface area contributed by atoms with Crippen LogP contribution in [0.15, 0.2) is 0 Å². The molecule has 0 saturated heterocycles. The second-order valence-corrected chi connectivity index (χ2v) is 4.87. The fourth-order valence-corrected chi connectivity index (χ4v) is 1.26. The number of amides is 2. The van der Waals surface area contributed by atoms with Crippen molar-refractivity contribution in [3.05, 3.63) is 0 Å². The van der Waals surface area contributed by atoms with Crippen molar-refractivity contribution in [2.75, 3.05) is 0 Å². The summed E-state index contributed by atoms with van der Waals surface area (Å²) in [7, 11) is 0. The zero-order chi connectivity index (χ0) is 12.7. The van der Waals surface area contributed by atoms with Crippen LogP contribution in [-0.4, -0.2) is 17.9 Å². The van der Waals surface area contributed by atoms with Crippen LogP contribution >= 0.6 is 0 Å². The summed E-state index contributed by atoms with van der Waals surface area (Å²) in [6, 6.07) is -0.570. The average molecular weight is 229 g/mol. The van der Waals surface area contributed by atoms with E-state index >= 15 is 0 Å². The van der Waals surface area contributed by atoms with E-state index in [0.717, 1.165) is 0 Å². The third kappa shape index (κ3) is 7.23. The molecule has 5 nitrogen and oxygen atoms in total. The lowest BCUT2D eigenvalue weighted by Gasteiger charge is -2.14. The van der Waals surface area contributed by atoms with Crippen molar-refractivity contribution in [3.63, 3.8) is 0 Å². The molecule has 0 rings (SSSR count). The van der Waals surface area contributed by atoms with Crippen molar-refractivity contribution in [3.8, 4) is 0 Å². The minimum Gasteiger partial charge on any atom is -0.320 e. The minimum atomic E-state index is -0.570. The van der Waals surface area contributed by atoms with Crippen LogP contribution in [0.1, 0.15) is 40.5 Å². The molecule has 0 aromatic heterocycles. The van der Waals surface area contributed by atoms with Crippen molar-refractivity contribution in [1.29, 1.82) is 0 Å². The van der Waals surface area contributed by atoms with Crippen LogP contribution < -0.4 is 16.6 Å². The fraction of sp³-hybridized carbons (Fsp3) is 0.818. The highest BCUT2D eigenvalue weighted by Gasteiger charge is 2.15. The number of nitrogens with one attached hydrogen (secondary N) is 2. The van der Waals surface area contributed by atoms with Gasteiger partial charge in [-0.1, -0.05) is 27.7 Å². The van der Waals surface area contributed by atoms with Crippen LogP contribution in [0.2, 0.25) is 0 Å². The first-order chi connectivity index (χ1) is 7.32. The molecule has 4 N–H and O–H groups in total. The van der Waals surface area contributed by atoms with Crippen molar-refractivity contribution in [2.45, 2.75) is 46.6 Å². The molecule has 1 unspecified atom stereocenters. The van der Waals surface area contributed by atoms with Crippen molar-refractivity contribution in [1.82, 2.24) is 10.9 Å². The molecule has 0 aliphatic carbocycles. The Kier molecular flexibility index (Phi) is 6.72. The van der Waals surface area contributed by atoms with Crippen LogP contribution in [0.3, 0.4) is 0 Å². The second-order valence-electron chi connectivity index (χ2n) is 4.87. The van der Waals surface area contributed by atoms with Gasteiger partial charge in [0.05, 0.1) is 6.04 Å². The van der Waals surface area contributed by atoms with Gasteiger partial charge < -0.3 is 5.73 Å². The van der Waals surface area contributed by atoms with Gasteiger partial charge in [-0.25, -0.2) is 0 Å². The quantitative estimate of drug-likeness (QED) is 0.602. The monoisotopic (exact) mass is 229 g/mol. The molecule has 1 atom stereocenters. The molecule has 0 fully saturated rings. The van der Waals surface area contributed by atoms with Crippen LogP contribution in [0, 0.1) is 11.8 Å². The zero-order valence-electron chi connectivity index (χ0n) is 10.5. The summed E-state index contributed by atoms with van der Waals surface area (Å²) in [5.74, 6) is 0.0826. The van der Waals surface area contributed by atoms with Crippen molar-refractivity contribution >= 4 is 11.8 Å². The van der Waals surface area contributed by atoms with E-state index in [9.17, 15) is 9.59 Å². The van der Waals surface area contributed by atoms with E-state index in [4.69, 9.17) is 5.73 Å². The number of hydrogen-bond acceptors (Lipinski definition) is 3. The maximum atomic E-state index is 11.4. The lowest BCUT2D eigenvalue weighted by molar-refractivity contribution is -0.130. The summed E-state index contributed by atoms with van der Waals surface area (Å²) >= 11 is 0. The van der Waals surface area contributed by atoms with Crippen molar-refractivity contribution in [2.24, 2.45) is 17.6 Å². The van der Waals surface area contributed by atoms with E-state index in [2.05, 4.69) is 10.9 Å². The van der Waals surface area contributed by atoms with Gasteiger partial charge in [-0.15, -0.1) is 0 Å². The van der Waals surface area contributed by atoms with Gasteiger partial charge in [-0.05, 0) is 18.3 Å². The lowest BCUT2D eigenvalue weighted by atomic mass is 10.0. The van der Waals surface area contributed by atoms with Gasteiger partial charge in [0.25, 0.3) is 5.91 Å². The molecule has 16 heavy (non-hydrogen) atoms. The summed E-state index contributed by atoms with van der Waals surface area (Å²) in [5, 5.41) is 0. The molecule has 0 spiro atoms. The Morgan fingerprint density at radius 3 is 2.06 bits per heavy atom. The van der Waals surface area contributed by atoms with Gasteiger partial charge in [0.15, 0.2) is 0 Å². The summed E-state index contributed by atoms with van der Waals surface area (Å²) in [4.78, 5) is 22.7. The van der Waals surface area contributed by atoms with E-state index in [-0.39, 0.29) is 17.7 Å². The number of hydrogen-bond donors (Lipinski definition) is 3. The van der Waals surface area contributed by atoms with Gasteiger partial charge in [0.2, 0.25) is 5.91 Å². The molecule has 2 amide bonds. The number of carbonyl (C=O) groups is 2. The minimum absolute atomic E-state index is 0.194. The Bertz CT molecular complexity index is 239. The van der Waals surface area contributed by atoms with E-state index in [1.165, 1.54) is 0 Å². The van der Waals surface area contributed by atoms with E-state index in [0.29, 0.717) is 18.8 Å². The Hall–Kier alpha value is -1.10. The third-order valence-corrected chi connectivity index (χ3v) is 1.98. The van der Waals surface area contributed by atoms with E-state index in [1.54, 1.807) is 0 Å². The molecular formula is C11H23N3O2. The summed E-state index contributed by atoms with van der Waals surface area (Å²) in [6.07, 6.45) is 0.992. The van der Waals surface area contributed by atoms with Gasteiger partial charge in [0, 0.05) is 6.42 Å². The molecule has 0 radical (unpaired) electrons. The highest BCUT2D eigenvalue weighted by atomic mass is 16.2. The number of hydrazine groups is 1. The van der Waals surface area contributed by atoms with Crippen LogP contribution in [0.5, 0.6) is 0 Å². The third-order valence-electron chi connectivity index (χ3n) is 1.98. The van der Waals surface area contributed by atoms with Gasteiger partial charge in [0.1, 0.15) is 0 Å². The van der Waals surface area contributed by atoms with Gasteiger partial charge in [-0.2, -0.15) is 0 Å². The normalized spacial score (nSPS) is 12.7. The molecule has 5 heteroatoms.